The molecule has 26 heavy (non-hydrogen) atoms. The van der Waals surface area contributed by atoms with E-state index in [9.17, 15) is 14.4 Å². The molecule has 4 rings (SSSR count). The smallest absolute Gasteiger partial charge is 0.280 e. The summed E-state index contributed by atoms with van der Waals surface area (Å²) in [4.78, 5) is 44.6. The van der Waals surface area contributed by atoms with Crippen LogP contribution in [-0.2, 0) is 11.2 Å². The van der Waals surface area contributed by atoms with E-state index in [1.807, 2.05) is 30.5 Å². The Bertz CT molecular complexity index is 989. The van der Waals surface area contributed by atoms with Crippen molar-refractivity contribution in [2.75, 3.05) is 13.1 Å². The highest BCUT2D eigenvalue weighted by molar-refractivity contribution is 6.21. The van der Waals surface area contributed by atoms with Gasteiger partial charge in [-0.05, 0) is 30.2 Å². The second-order valence-electron chi connectivity index (χ2n) is 6.06. The number of benzene rings is 1. The minimum Gasteiger partial charge on any atom is -0.361 e. The molecular formula is C19H16N4O3. The number of aromatic amines is 1. The standard InChI is InChI=1S/C19H16N4O3/c24-16(11-23-18(25)14-5-3-8-21-17(14)19(23)26)20-9-7-12-10-22-15-6-2-1-4-13(12)15/h1-6,8,10,22H,7,9,11H2,(H,20,24). The molecule has 0 spiro atoms. The molecule has 3 heterocycles. The van der Waals surface area contributed by atoms with E-state index >= 15 is 0 Å². The summed E-state index contributed by atoms with van der Waals surface area (Å²) in [6.07, 6.45) is 4.03. The van der Waals surface area contributed by atoms with Crippen molar-refractivity contribution in [3.05, 3.63) is 65.6 Å². The lowest BCUT2D eigenvalue weighted by molar-refractivity contribution is -0.121. The lowest BCUT2D eigenvalue weighted by Gasteiger charge is -2.13. The van der Waals surface area contributed by atoms with Gasteiger partial charge in [-0.3, -0.25) is 24.3 Å². The van der Waals surface area contributed by atoms with Gasteiger partial charge in [-0.25, -0.2) is 0 Å². The molecule has 0 aliphatic carbocycles. The maximum atomic E-state index is 12.2. The third-order valence-corrected chi connectivity index (χ3v) is 4.42. The largest absolute Gasteiger partial charge is 0.361 e. The molecule has 0 radical (unpaired) electrons. The number of nitrogens with one attached hydrogen (secondary N) is 2. The molecule has 130 valence electrons. The molecule has 2 aromatic heterocycles. The van der Waals surface area contributed by atoms with Crippen molar-refractivity contribution in [3.8, 4) is 0 Å². The fraction of sp³-hybridized carbons (Fsp3) is 0.158. The number of aromatic nitrogens is 2. The van der Waals surface area contributed by atoms with E-state index in [4.69, 9.17) is 0 Å². The minimum absolute atomic E-state index is 0.101. The molecule has 0 saturated carbocycles. The van der Waals surface area contributed by atoms with E-state index < -0.39 is 11.8 Å². The van der Waals surface area contributed by atoms with Gasteiger partial charge in [0.05, 0.1) is 5.56 Å². The predicted molar refractivity (Wildman–Crippen MR) is 94.6 cm³/mol. The van der Waals surface area contributed by atoms with Crippen LogP contribution in [0, 0.1) is 0 Å². The number of nitrogens with zero attached hydrogens (tertiary/aromatic N) is 2. The normalized spacial score (nSPS) is 13.3. The zero-order chi connectivity index (χ0) is 18.1. The van der Waals surface area contributed by atoms with E-state index in [-0.39, 0.29) is 23.7 Å². The first kappa shape index (κ1) is 16.0. The number of hydrogen-bond acceptors (Lipinski definition) is 4. The Morgan fingerprint density at radius 3 is 2.81 bits per heavy atom. The van der Waals surface area contributed by atoms with Crippen LogP contribution >= 0.6 is 0 Å². The SMILES string of the molecule is O=C(CN1C(=O)c2cccnc2C1=O)NCCc1c[nH]c2ccccc12. The van der Waals surface area contributed by atoms with Gasteiger partial charge in [0, 0.05) is 29.8 Å². The van der Waals surface area contributed by atoms with Gasteiger partial charge < -0.3 is 10.3 Å². The average Bonchev–Trinajstić information content (AvgIpc) is 3.17. The lowest BCUT2D eigenvalue weighted by atomic mass is 10.1. The Morgan fingerprint density at radius 1 is 1.12 bits per heavy atom. The molecular weight excluding hydrogens is 332 g/mol. The van der Waals surface area contributed by atoms with E-state index in [1.54, 1.807) is 6.07 Å². The molecule has 3 amide bonds. The van der Waals surface area contributed by atoms with Gasteiger partial charge in [0.25, 0.3) is 11.8 Å². The van der Waals surface area contributed by atoms with Crippen LogP contribution < -0.4 is 5.32 Å². The molecule has 1 aliphatic rings. The predicted octanol–water partition coefficient (Wildman–Crippen LogP) is 1.52. The van der Waals surface area contributed by atoms with E-state index in [0.29, 0.717) is 13.0 Å². The van der Waals surface area contributed by atoms with Gasteiger partial charge in [-0.1, -0.05) is 18.2 Å². The van der Waals surface area contributed by atoms with Gasteiger partial charge in [-0.15, -0.1) is 0 Å². The van der Waals surface area contributed by atoms with Gasteiger partial charge in [0.2, 0.25) is 5.91 Å². The third-order valence-electron chi connectivity index (χ3n) is 4.42. The van der Waals surface area contributed by atoms with Gasteiger partial charge in [-0.2, -0.15) is 0 Å². The monoisotopic (exact) mass is 348 g/mol. The quantitative estimate of drug-likeness (QED) is 0.684. The molecule has 0 unspecified atom stereocenters. The molecule has 7 nitrogen and oxygen atoms in total. The Morgan fingerprint density at radius 2 is 1.96 bits per heavy atom. The summed E-state index contributed by atoms with van der Waals surface area (Å²) in [5.41, 5.74) is 2.49. The Kier molecular flexibility index (Phi) is 3.96. The lowest BCUT2D eigenvalue weighted by Crippen LogP contribution is -2.40. The highest BCUT2D eigenvalue weighted by atomic mass is 16.2. The summed E-state index contributed by atoms with van der Waals surface area (Å²) in [5.74, 6) is -1.39. The summed E-state index contributed by atoms with van der Waals surface area (Å²) in [5, 5.41) is 3.88. The van der Waals surface area contributed by atoms with Crippen LogP contribution in [-0.4, -0.2) is 45.7 Å². The second-order valence-corrected chi connectivity index (χ2v) is 6.06. The average molecular weight is 348 g/mol. The molecule has 1 aromatic carbocycles. The number of H-pyrrole nitrogens is 1. The Labute approximate surface area is 149 Å². The molecule has 0 bridgehead atoms. The van der Waals surface area contributed by atoms with E-state index in [1.165, 1.54) is 12.3 Å². The first-order chi connectivity index (χ1) is 12.6. The maximum absolute atomic E-state index is 12.2. The number of para-hydroxylation sites is 1. The summed E-state index contributed by atoms with van der Waals surface area (Å²) in [6, 6.07) is 11.1. The summed E-state index contributed by atoms with van der Waals surface area (Å²) in [6.45, 7) is 0.115. The van der Waals surface area contributed by atoms with Crippen molar-refractivity contribution < 1.29 is 14.4 Å². The van der Waals surface area contributed by atoms with Gasteiger partial charge >= 0.3 is 0 Å². The van der Waals surface area contributed by atoms with Crippen LogP contribution in [0.1, 0.15) is 26.4 Å². The summed E-state index contributed by atoms with van der Waals surface area (Å²) < 4.78 is 0. The van der Waals surface area contributed by atoms with Gasteiger partial charge in [0.1, 0.15) is 12.2 Å². The van der Waals surface area contributed by atoms with Crippen LogP contribution in [0.2, 0.25) is 0 Å². The molecule has 3 aromatic rings. The van der Waals surface area contributed by atoms with Crippen LogP contribution in [0.3, 0.4) is 0 Å². The van der Waals surface area contributed by atoms with Crippen LogP contribution in [0.4, 0.5) is 0 Å². The molecule has 0 atom stereocenters. The van der Waals surface area contributed by atoms with Gasteiger partial charge in [0.15, 0.2) is 0 Å². The zero-order valence-electron chi connectivity index (χ0n) is 13.9. The van der Waals surface area contributed by atoms with Crippen molar-refractivity contribution in [1.82, 2.24) is 20.2 Å². The van der Waals surface area contributed by atoms with Crippen molar-refractivity contribution in [1.29, 1.82) is 0 Å². The zero-order valence-corrected chi connectivity index (χ0v) is 13.9. The number of amides is 3. The highest BCUT2D eigenvalue weighted by Gasteiger charge is 2.37. The van der Waals surface area contributed by atoms with E-state index in [0.717, 1.165) is 21.4 Å². The first-order valence-corrected chi connectivity index (χ1v) is 8.28. The molecule has 0 saturated heterocycles. The number of imide groups is 1. The second kappa shape index (κ2) is 6.44. The minimum atomic E-state index is -0.530. The number of rotatable bonds is 5. The van der Waals surface area contributed by atoms with Crippen molar-refractivity contribution >= 4 is 28.6 Å². The third kappa shape index (κ3) is 2.73. The fourth-order valence-corrected chi connectivity index (χ4v) is 3.13. The number of carbonyl (C=O) groups excluding carboxylic acids is 3. The number of hydrogen-bond donors (Lipinski definition) is 2. The summed E-state index contributed by atoms with van der Waals surface area (Å²) in [7, 11) is 0. The Balaban J connectivity index is 1.35. The first-order valence-electron chi connectivity index (χ1n) is 8.28. The van der Waals surface area contributed by atoms with Crippen LogP contribution in [0.5, 0.6) is 0 Å². The van der Waals surface area contributed by atoms with Crippen LogP contribution in [0.15, 0.2) is 48.8 Å². The topological polar surface area (TPSA) is 95.2 Å². The van der Waals surface area contributed by atoms with Crippen LogP contribution in [0.25, 0.3) is 10.9 Å². The fourth-order valence-electron chi connectivity index (χ4n) is 3.13. The number of fused-ring (bicyclic) bond motifs is 2. The molecule has 2 N–H and O–H groups in total. The maximum Gasteiger partial charge on any atom is 0.280 e. The van der Waals surface area contributed by atoms with Crippen molar-refractivity contribution in [2.45, 2.75) is 6.42 Å². The molecule has 0 fully saturated rings. The molecule has 7 heteroatoms. The molecule has 1 aliphatic heterocycles. The van der Waals surface area contributed by atoms with Crippen molar-refractivity contribution in [2.24, 2.45) is 0 Å². The highest BCUT2D eigenvalue weighted by Crippen LogP contribution is 2.20. The number of carbonyl (C=O) groups is 3. The number of pyridine rings is 1. The Hall–Kier alpha value is -3.48. The van der Waals surface area contributed by atoms with Crippen molar-refractivity contribution in [3.63, 3.8) is 0 Å². The van der Waals surface area contributed by atoms with E-state index in [2.05, 4.69) is 15.3 Å². The summed E-state index contributed by atoms with van der Waals surface area (Å²) >= 11 is 0.